The van der Waals surface area contributed by atoms with Crippen molar-refractivity contribution < 1.29 is 28.3 Å². The average molecular weight is 316 g/mol. The Bertz CT molecular complexity index is 702. The van der Waals surface area contributed by atoms with Gasteiger partial charge in [0, 0.05) is 6.04 Å². The number of fused-ring (bicyclic) bond motifs is 1. The van der Waals surface area contributed by atoms with Gasteiger partial charge in [0.05, 0.1) is 11.3 Å². The Morgan fingerprint density at radius 2 is 1.95 bits per heavy atom. The zero-order valence-corrected chi connectivity index (χ0v) is 11.2. The molecule has 0 radical (unpaired) electrons. The van der Waals surface area contributed by atoms with Crippen molar-refractivity contribution in [3.05, 3.63) is 28.3 Å². The number of benzene rings is 1. The number of nitrogens with zero attached hydrogens (tertiary/aromatic N) is 1. The first-order valence-corrected chi connectivity index (χ1v) is 6.49. The highest BCUT2D eigenvalue weighted by atomic mass is 35.5. The van der Waals surface area contributed by atoms with Crippen LogP contribution in [0.3, 0.4) is 0 Å². The molecule has 1 saturated carbocycles. The number of anilines is 1. The number of carboxylic acids is 1. The van der Waals surface area contributed by atoms with Gasteiger partial charge in [-0.2, -0.15) is 0 Å². The molecule has 1 N–H and O–H groups in total. The predicted molar refractivity (Wildman–Crippen MR) is 67.6 cm³/mol. The minimum absolute atomic E-state index is 0.213. The number of Topliss-reactive ketones (excluding diaryl/α,β-unsaturated/α-hetero) is 2. The molecule has 8 heteroatoms. The van der Waals surface area contributed by atoms with Crippen molar-refractivity contribution >= 4 is 34.8 Å². The molecular formula is C13H8ClF2NO4. The molecule has 0 saturated heterocycles. The molecule has 1 aromatic rings. The van der Waals surface area contributed by atoms with Gasteiger partial charge in [-0.15, -0.1) is 0 Å². The number of carboxylic acid groups (broad SMARTS) is 1. The first-order valence-electron chi connectivity index (χ1n) is 6.11. The summed E-state index contributed by atoms with van der Waals surface area (Å²) in [7, 11) is 0. The van der Waals surface area contributed by atoms with E-state index in [0.29, 0.717) is 18.9 Å². The van der Waals surface area contributed by atoms with E-state index in [1.54, 1.807) is 0 Å². The summed E-state index contributed by atoms with van der Waals surface area (Å²) in [5.41, 5.74) is -0.608. The summed E-state index contributed by atoms with van der Waals surface area (Å²) in [5.74, 6) is -6.59. The maximum Gasteiger partial charge on any atom is 0.334 e. The first-order chi connectivity index (χ1) is 9.84. The average Bonchev–Trinajstić information content (AvgIpc) is 3.24. The molecule has 5 nitrogen and oxygen atoms in total. The third-order valence-electron chi connectivity index (χ3n) is 3.56. The monoisotopic (exact) mass is 315 g/mol. The Balaban J connectivity index is 2.30. The SMILES string of the molecule is O=C1C(=O)C(C(=O)O)N(C2CC2)c2c1cc(F)c(F)c2Cl. The molecule has 3 rings (SSSR count). The van der Waals surface area contributed by atoms with E-state index in [1.165, 1.54) is 0 Å². The Kier molecular flexibility index (Phi) is 2.98. The largest absolute Gasteiger partial charge is 0.479 e. The van der Waals surface area contributed by atoms with Crippen molar-refractivity contribution in [3.63, 3.8) is 0 Å². The molecule has 1 heterocycles. The van der Waals surface area contributed by atoms with Gasteiger partial charge in [-0.1, -0.05) is 11.6 Å². The van der Waals surface area contributed by atoms with Crippen molar-refractivity contribution in [1.29, 1.82) is 0 Å². The lowest BCUT2D eigenvalue weighted by molar-refractivity contribution is -0.141. The van der Waals surface area contributed by atoms with Gasteiger partial charge in [-0.05, 0) is 18.9 Å². The van der Waals surface area contributed by atoms with Gasteiger partial charge >= 0.3 is 5.97 Å². The fourth-order valence-electron chi connectivity index (χ4n) is 2.50. The molecule has 1 unspecified atom stereocenters. The van der Waals surface area contributed by atoms with Crippen LogP contribution in [-0.2, 0) is 9.59 Å². The van der Waals surface area contributed by atoms with Crippen LogP contribution < -0.4 is 4.90 Å². The maximum absolute atomic E-state index is 13.7. The normalized spacial score (nSPS) is 21.5. The Hall–Kier alpha value is -2.02. The lowest BCUT2D eigenvalue weighted by Crippen LogP contribution is -2.54. The number of carbonyl (C=O) groups is 3. The van der Waals surface area contributed by atoms with Crippen LogP contribution in [-0.4, -0.2) is 34.7 Å². The molecule has 1 aromatic carbocycles. The Morgan fingerprint density at radius 3 is 2.48 bits per heavy atom. The predicted octanol–water partition coefficient (Wildman–Crippen LogP) is 1.81. The highest BCUT2D eigenvalue weighted by Crippen LogP contribution is 2.44. The van der Waals surface area contributed by atoms with Crippen LogP contribution in [0.25, 0.3) is 0 Å². The van der Waals surface area contributed by atoms with Crippen molar-refractivity contribution in [2.45, 2.75) is 24.9 Å². The Morgan fingerprint density at radius 1 is 1.33 bits per heavy atom. The minimum atomic E-state index is -1.75. The van der Waals surface area contributed by atoms with Crippen LogP contribution in [0.15, 0.2) is 6.07 Å². The number of rotatable bonds is 2. The molecule has 0 spiro atoms. The summed E-state index contributed by atoms with van der Waals surface area (Å²) in [5, 5.41) is 8.51. The summed E-state index contributed by atoms with van der Waals surface area (Å²) in [6.45, 7) is 0. The van der Waals surface area contributed by atoms with Gasteiger partial charge in [0.15, 0.2) is 17.7 Å². The molecule has 1 atom stereocenters. The molecule has 1 aliphatic heterocycles. The van der Waals surface area contributed by atoms with Crippen LogP contribution in [0, 0.1) is 11.6 Å². The lowest BCUT2D eigenvalue weighted by atomic mass is 9.92. The summed E-state index contributed by atoms with van der Waals surface area (Å²) in [6, 6.07) is -1.49. The van der Waals surface area contributed by atoms with Gasteiger partial charge in [0.25, 0.3) is 0 Å². The highest BCUT2D eigenvalue weighted by Gasteiger charge is 2.50. The number of halogens is 3. The first kappa shape index (κ1) is 13.9. The molecule has 110 valence electrons. The standard InChI is InChI=1S/C13H8ClF2NO4/c14-7-8(16)6(15)3-5-9(7)17(4-1-2-4)10(13(20)21)12(19)11(5)18/h3-4,10H,1-2H2,(H,20,21). The summed E-state index contributed by atoms with van der Waals surface area (Å²) >= 11 is 5.75. The zero-order chi connectivity index (χ0) is 15.5. The second-order valence-corrected chi connectivity index (χ2v) is 5.33. The van der Waals surface area contributed by atoms with Crippen molar-refractivity contribution in [3.8, 4) is 0 Å². The van der Waals surface area contributed by atoms with Crippen LogP contribution in [0.2, 0.25) is 5.02 Å². The third kappa shape index (κ3) is 1.91. The van der Waals surface area contributed by atoms with E-state index < -0.39 is 45.8 Å². The van der Waals surface area contributed by atoms with Crippen LogP contribution in [0.5, 0.6) is 0 Å². The second kappa shape index (κ2) is 4.49. The van der Waals surface area contributed by atoms with Gasteiger partial charge in [0.2, 0.25) is 11.6 Å². The minimum Gasteiger partial charge on any atom is -0.479 e. The summed E-state index contributed by atoms with van der Waals surface area (Å²) in [6.07, 6.45) is 1.17. The van der Waals surface area contributed by atoms with E-state index in [-0.39, 0.29) is 11.7 Å². The number of carbonyl (C=O) groups excluding carboxylic acids is 2. The molecular weight excluding hydrogens is 308 g/mol. The number of hydrogen-bond donors (Lipinski definition) is 1. The topological polar surface area (TPSA) is 74.7 Å². The quantitative estimate of drug-likeness (QED) is 0.512. The van der Waals surface area contributed by atoms with E-state index >= 15 is 0 Å². The maximum atomic E-state index is 13.7. The van der Waals surface area contributed by atoms with Gasteiger partial charge in [-0.25, -0.2) is 13.6 Å². The molecule has 21 heavy (non-hydrogen) atoms. The van der Waals surface area contributed by atoms with E-state index in [2.05, 4.69) is 0 Å². The molecule has 1 aliphatic carbocycles. The fourth-order valence-corrected chi connectivity index (χ4v) is 2.79. The van der Waals surface area contributed by atoms with E-state index in [0.717, 1.165) is 4.90 Å². The number of aliphatic carboxylic acids is 1. The second-order valence-electron chi connectivity index (χ2n) is 4.96. The molecule has 0 bridgehead atoms. The van der Waals surface area contributed by atoms with Gasteiger partial charge in [0.1, 0.15) is 5.02 Å². The van der Waals surface area contributed by atoms with E-state index in [9.17, 15) is 28.3 Å². The van der Waals surface area contributed by atoms with E-state index in [1.807, 2.05) is 0 Å². The van der Waals surface area contributed by atoms with Crippen molar-refractivity contribution in [2.75, 3.05) is 4.90 Å². The summed E-state index contributed by atoms with van der Waals surface area (Å²) in [4.78, 5) is 36.3. The van der Waals surface area contributed by atoms with Crippen molar-refractivity contribution in [2.24, 2.45) is 0 Å². The lowest BCUT2D eigenvalue weighted by Gasteiger charge is -2.35. The van der Waals surface area contributed by atoms with Gasteiger partial charge < -0.3 is 10.0 Å². The Labute approximate surface area is 122 Å². The summed E-state index contributed by atoms with van der Waals surface area (Å²) < 4.78 is 27.1. The zero-order valence-electron chi connectivity index (χ0n) is 10.4. The van der Waals surface area contributed by atoms with E-state index in [4.69, 9.17) is 11.6 Å². The third-order valence-corrected chi connectivity index (χ3v) is 3.91. The molecule has 1 fully saturated rings. The number of ketones is 2. The fraction of sp³-hybridized carbons (Fsp3) is 0.308. The van der Waals surface area contributed by atoms with Crippen LogP contribution >= 0.6 is 11.6 Å². The van der Waals surface area contributed by atoms with Gasteiger partial charge in [-0.3, -0.25) is 9.59 Å². The van der Waals surface area contributed by atoms with Crippen LogP contribution in [0.1, 0.15) is 23.2 Å². The van der Waals surface area contributed by atoms with Crippen molar-refractivity contribution in [1.82, 2.24) is 0 Å². The smallest absolute Gasteiger partial charge is 0.334 e. The molecule has 0 aromatic heterocycles. The number of hydrogen-bond acceptors (Lipinski definition) is 4. The highest BCUT2D eigenvalue weighted by molar-refractivity contribution is 6.52. The van der Waals surface area contributed by atoms with Crippen LogP contribution in [0.4, 0.5) is 14.5 Å². The molecule has 0 amide bonds. The molecule has 2 aliphatic rings.